The molecule has 11 heteroatoms. The fourth-order valence-corrected chi connectivity index (χ4v) is 10.7. The van der Waals surface area contributed by atoms with Gasteiger partial charge in [-0.2, -0.15) is 10.5 Å². The topological polar surface area (TPSA) is 153 Å². The Balaban J connectivity index is 0.000000434. The second-order valence-electron chi connectivity index (χ2n) is 21.0. The molecule has 1 aliphatic heterocycles. The van der Waals surface area contributed by atoms with Gasteiger partial charge >= 0.3 is 0 Å². The minimum absolute atomic E-state index is 0. The molecule has 6 rings (SSSR count). The second kappa shape index (κ2) is 18.8. The maximum atomic E-state index is 13.1. The molecular weight excluding hydrogens is 799 g/mol. The number of hydrogen-bond donors (Lipinski definition) is 2. The van der Waals surface area contributed by atoms with Crippen molar-refractivity contribution in [3.8, 4) is 23.6 Å². The number of hydrogen-bond acceptors (Lipinski definition) is 9. The van der Waals surface area contributed by atoms with E-state index >= 15 is 0 Å². The summed E-state index contributed by atoms with van der Waals surface area (Å²) in [7, 11) is 1.91. The lowest BCUT2D eigenvalue weighted by Gasteiger charge is -2.63. The van der Waals surface area contributed by atoms with Crippen LogP contribution in [0.5, 0.6) is 11.5 Å². The van der Waals surface area contributed by atoms with Crippen LogP contribution in [0.4, 0.5) is 0 Å². The highest BCUT2D eigenvalue weighted by Gasteiger charge is 2.65. The molecular formula is C53H77N7O4. The van der Waals surface area contributed by atoms with E-state index in [2.05, 4.69) is 116 Å². The van der Waals surface area contributed by atoms with Crippen molar-refractivity contribution in [3.63, 3.8) is 0 Å². The van der Waals surface area contributed by atoms with E-state index in [0.29, 0.717) is 41.0 Å². The molecule has 0 spiro atoms. The molecule has 3 aliphatic rings. The molecule has 2 aromatic carbocycles. The van der Waals surface area contributed by atoms with Gasteiger partial charge < -0.3 is 25.0 Å². The quantitative estimate of drug-likeness (QED) is 0.204. The minimum atomic E-state index is -0.276. The van der Waals surface area contributed by atoms with E-state index in [9.17, 15) is 20.1 Å². The molecule has 64 heavy (non-hydrogen) atoms. The van der Waals surface area contributed by atoms with Gasteiger partial charge in [0.15, 0.2) is 5.84 Å². The van der Waals surface area contributed by atoms with Crippen molar-refractivity contribution in [2.24, 2.45) is 32.6 Å². The molecule has 2 heterocycles. The summed E-state index contributed by atoms with van der Waals surface area (Å²) in [6.45, 7) is 33.9. The largest absolute Gasteiger partial charge is 0.489 e. The molecule has 11 nitrogen and oxygen atoms in total. The molecule has 348 valence electrons. The van der Waals surface area contributed by atoms with Crippen LogP contribution in [-0.2, 0) is 4.79 Å². The standard InChI is InChI=1S/C26H36N4O2.C26H33N3O2.CH4.2H2/c1-15(2)18-13-28-21(30(9)14-18)22(31)29-23-25(5,6)24(26(23,7)8)32-19-10-16(3)20(12-27)17(4)11-19;1-15(2)18-9-10-21(28-14-18)22(30)29-23-25(5,6)24(26(23,7)8)31-19-11-16(3)20(13-27)17(4)12-19;;;/h10-11,13,15,23-24H,14H2,1-9H3,(H,29,31);9-12,14-15,23-24H,1-8H3,(H,29,30);1H4;2*1H. The van der Waals surface area contributed by atoms with E-state index in [0.717, 1.165) is 39.3 Å². The molecule has 0 atom stereocenters. The van der Waals surface area contributed by atoms with Crippen LogP contribution in [0.25, 0.3) is 0 Å². The summed E-state index contributed by atoms with van der Waals surface area (Å²) in [6, 6.07) is 15.8. The number of carbonyl (C=O) groups excluding carboxylic acids is 2. The van der Waals surface area contributed by atoms with Gasteiger partial charge in [0.1, 0.15) is 29.4 Å². The second-order valence-corrected chi connectivity index (χ2v) is 21.0. The number of aliphatic imine (C=N–C) groups is 1. The Morgan fingerprint density at radius 2 is 1.12 bits per heavy atom. The van der Waals surface area contributed by atoms with Crippen LogP contribution >= 0.6 is 0 Å². The van der Waals surface area contributed by atoms with E-state index < -0.39 is 0 Å². The van der Waals surface area contributed by atoms with Crippen LogP contribution in [0.3, 0.4) is 0 Å². The summed E-state index contributed by atoms with van der Waals surface area (Å²) in [5.41, 5.74) is 6.70. The normalized spacial score (nSPS) is 22.0. The number of amidine groups is 1. The van der Waals surface area contributed by atoms with Gasteiger partial charge in [-0.25, -0.2) is 4.99 Å². The lowest BCUT2D eigenvalue weighted by Crippen LogP contribution is -2.75. The summed E-state index contributed by atoms with van der Waals surface area (Å²) >= 11 is 0. The lowest BCUT2D eigenvalue weighted by molar-refractivity contribution is -0.171. The van der Waals surface area contributed by atoms with E-state index in [4.69, 9.17) is 9.47 Å². The zero-order valence-corrected chi connectivity index (χ0v) is 40.7. The number of carbonyl (C=O) groups is 2. The van der Waals surface area contributed by atoms with Crippen molar-refractivity contribution in [2.75, 3.05) is 13.6 Å². The SMILES string of the molecule is C.Cc1cc(OC2C(C)(C)C(NC(=O)C3=NC=C(C(C)C)CN3C)C2(C)C)cc(C)c1C#N.Cc1cc(OC2C(C)(C)C(NC(=O)c3ccc(C(C)C)cn3)C2(C)C)cc(C)c1C#N.[HH].[HH]. The van der Waals surface area contributed by atoms with E-state index in [1.807, 2.05) is 76.2 Å². The van der Waals surface area contributed by atoms with Gasteiger partial charge in [-0.1, -0.05) is 96.6 Å². The van der Waals surface area contributed by atoms with Gasteiger partial charge in [-0.05, 0) is 103 Å². The third kappa shape index (κ3) is 9.70. The summed E-state index contributed by atoms with van der Waals surface area (Å²) in [5, 5.41) is 25.1. The maximum absolute atomic E-state index is 13.1. The number of amides is 2. The number of nitriles is 2. The van der Waals surface area contributed by atoms with Crippen LogP contribution < -0.4 is 20.1 Å². The van der Waals surface area contributed by atoms with Crippen LogP contribution in [0.15, 0.2) is 59.4 Å². The lowest BCUT2D eigenvalue weighted by atomic mass is 9.49. The number of nitrogens with zero attached hydrogens (tertiary/aromatic N) is 5. The van der Waals surface area contributed by atoms with Gasteiger partial charge in [0.2, 0.25) is 0 Å². The molecule has 2 fully saturated rings. The highest BCUT2D eigenvalue weighted by molar-refractivity contribution is 6.38. The van der Waals surface area contributed by atoms with Gasteiger partial charge in [-0.15, -0.1) is 0 Å². The molecule has 2 saturated carbocycles. The summed E-state index contributed by atoms with van der Waals surface area (Å²) in [6.07, 6.45) is 3.43. The zero-order chi connectivity index (χ0) is 47.1. The van der Waals surface area contributed by atoms with Gasteiger partial charge in [0, 0.05) is 62.6 Å². The first-order valence-corrected chi connectivity index (χ1v) is 22.1. The third-order valence-corrected chi connectivity index (χ3v) is 13.7. The van der Waals surface area contributed by atoms with Crippen LogP contribution in [0, 0.1) is 77.9 Å². The maximum Gasteiger partial charge on any atom is 0.287 e. The van der Waals surface area contributed by atoms with E-state index in [1.165, 1.54) is 5.57 Å². The number of rotatable bonds is 10. The van der Waals surface area contributed by atoms with Crippen molar-refractivity contribution >= 4 is 17.6 Å². The fraction of sp³-hybridized carbons (Fsp3) is 0.547. The van der Waals surface area contributed by atoms with Crippen molar-refractivity contribution in [1.29, 1.82) is 10.5 Å². The Kier molecular flexibility index (Phi) is 15.0. The van der Waals surface area contributed by atoms with Crippen molar-refractivity contribution < 1.29 is 21.9 Å². The number of nitrogens with one attached hydrogen (secondary N) is 2. The number of aryl methyl sites for hydroxylation is 4. The highest BCUT2D eigenvalue weighted by Crippen LogP contribution is 2.57. The Labute approximate surface area is 386 Å². The number of ether oxygens (including phenoxy) is 2. The molecule has 2 aliphatic carbocycles. The van der Waals surface area contributed by atoms with Crippen LogP contribution in [-0.4, -0.2) is 65.4 Å². The minimum Gasteiger partial charge on any atom is -0.489 e. The van der Waals surface area contributed by atoms with Crippen LogP contribution in [0.1, 0.15) is 149 Å². The predicted octanol–water partition coefficient (Wildman–Crippen LogP) is 10.8. The smallest absolute Gasteiger partial charge is 0.287 e. The van der Waals surface area contributed by atoms with Crippen molar-refractivity contribution in [2.45, 2.75) is 148 Å². The predicted molar refractivity (Wildman–Crippen MR) is 261 cm³/mol. The Morgan fingerprint density at radius 3 is 1.45 bits per heavy atom. The number of pyridine rings is 1. The average Bonchev–Trinajstić information content (AvgIpc) is 3.19. The number of likely N-dealkylation sites (N-methyl/N-ethyl adjacent to an activating group) is 1. The molecule has 1 aromatic heterocycles. The molecule has 0 bridgehead atoms. The molecule has 3 aromatic rings. The van der Waals surface area contributed by atoms with Gasteiger partial charge in [-0.3, -0.25) is 14.6 Å². The summed E-state index contributed by atoms with van der Waals surface area (Å²) in [5.74, 6) is 2.44. The first kappa shape index (κ1) is 51.0. The van der Waals surface area contributed by atoms with Crippen molar-refractivity contribution in [3.05, 3.63) is 99.0 Å². The molecule has 0 radical (unpaired) electrons. The monoisotopic (exact) mass is 876 g/mol. The van der Waals surface area contributed by atoms with Gasteiger partial charge in [0.05, 0.1) is 23.3 Å². The first-order valence-electron chi connectivity index (χ1n) is 22.1. The Hall–Kier alpha value is -5.68. The Bertz CT molecular complexity index is 2330. The zero-order valence-electron chi connectivity index (χ0n) is 40.7. The van der Waals surface area contributed by atoms with Gasteiger partial charge in [0.25, 0.3) is 11.8 Å². The number of aromatic nitrogens is 1. The summed E-state index contributed by atoms with van der Waals surface area (Å²) < 4.78 is 12.9. The highest BCUT2D eigenvalue weighted by atomic mass is 16.5. The Morgan fingerprint density at radius 1 is 0.719 bits per heavy atom. The van der Waals surface area contributed by atoms with E-state index in [1.54, 1.807) is 12.3 Å². The molecule has 2 amide bonds. The molecule has 0 saturated heterocycles. The summed E-state index contributed by atoms with van der Waals surface area (Å²) in [4.78, 5) is 36.7. The van der Waals surface area contributed by atoms with Crippen LogP contribution in [0.2, 0.25) is 0 Å². The molecule has 0 unspecified atom stereocenters. The number of benzene rings is 2. The third-order valence-electron chi connectivity index (χ3n) is 13.7. The average molecular weight is 876 g/mol. The molecule has 2 N–H and O–H groups in total. The van der Waals surface area contributed by atoms with Crippen molar-refractivity contribution in [1.82, 2.24) is 20.5 Å². The van der Waals surface area contributed by atoms with E-state index in [-0.39, 0.29) is 68.0 Å². The first-order chi connectivity index (χ1) is 29.2. The fourth-order valence-electron chi connectivity index (χ4n) is 10.7.